The third-order valence-electron chi connectivity index (χ3n) is 4.26. The molecular weight excluding hydrogens is 325 g/mol. The molecule has 1 atom stereocenters. The van der Waals surface area contributed by atoms with Crippen molar-refractivity contribution in [3.05, 3.63) is 70.0 Å². The van der Waals surface area contributed by atoms with Gasteiger partial charge in [0.1, 0.15) is 18.2 Å². The number of nitrogens with one attached hydrogen (secondary N) is 1. The molecule has 132 valence electrons. The average Bonchev–Trinajstić information content (AvgIpc) is 2.62. The van der Waals surface area contributed by atoms with E-state index in [4.69, 9.17) is 4.74 Å². The number of rotatable bonds is 6. The molecule has 1 unspecified atom stereocenters. The highest BCUT2D eigenvalue weighted by molar-refractivity contribution is 5.37. The lowest BCUT2D eigenvalue weighted by Crippen LogP contribution is -2.47. The Balaban J connectivity index is 1.61. The second-order valence-electron chi connectivity index (χ2n) is 5.91. The van der Waals surface area contributed by atoms with Gasteiger partial charge in [-0.15, -0.1) is 0 Å². The van der Waals surface area contributed by atoms with Crippen molar-refractivity contribution in [2.45, 2.75) is 6.04 Å². The highest BCUT2D eigenvalue weighted by Crippen LogP contribution is 2.23. The van der Waals surface area contributed by atoms with Gasteiger partial charge in [0, 0.05) is 38.3 Å². The number of nitro groups is 1. The largest absolute Gasteiger partial charge is 0.492 e. The van der Waals surface area contributed by atoms with E-state index in [1.807, 2.05) is 6.07 Å². The summed E-state index contributed by atoms with van der Waals surface area (Å²) in [6.07, 6.45) is 0. The van der Waals surface area contributed by atoms with Crippen molar-refractivity contribution in [2.24, 2.45) is 0 Å². The molecule has 0 aromatic heterocycles. The van der Waals surface area contributed by atoms with Crippen LogP contribution in [-0.4, -0.2) is 42.6 Å². The fourth-order valence-corrected chi connectivity index (χ4v) is 3.02. The fourth-order valence-electron chi connectivity index (χ4n) is 3.02. The second kappa shape index (κ2) is 8.04. The van der Waals surface area contributed by atoms with E-state index >= 15 is 0 Å². The number of ether oxygens (including phenoxy) is 1. The SMILES string of the molecule is O=[N+]([O-])c1cccc(OCCN2CCNCC2c2cccc(F)c2)c1. The summed E-state index contributed by atoms with van der Waals surface area (Å²) in [6, 6.07) is 12.9. The number of halogens is 1. The molecule has 25 heavy (non-hydrogen) atoms. The molecule has 0 aliphatic carbocycles. The molecule has 2 aromatic rings. The van der Waals surface area contributed by atoms with Crippen LogP contribution in [-0.2, 0) is 0 Å². The van der Waals surface area contributed by atoms with Crippen molar-refractivity contribution < 1.29 is 14.1 Å². The Hall–Kier alpha value is -2.51. The van der Waals surface area contributed by atoms with Gasteiger partial charge in [-0.2, -0.15) is 0 Å². The maximum atomic E-state index is 13.5. The number of benzene rings is 2. The van der Waals surface area contributed by atoms with E-state index in [0.29, 0.717) is 18.9 Å². The van der Waals surface area contributed by atoms with Crippen LogP contribution in [0.3, 0.4) is 0 Å². The van der Waals surface area contributed by atoms with Crippen molar-refractivity contribution in [2.75, 3.05) is 32.8 Å². The van der Waals surface area contributed by atoms with Gasteiger partial charge < -0.3 is 10.1 Å². The molecule has 0 amide bonds. The molecule has 6 nitrogen and oxygen atoms in total. The maximum Gasteiger partial charge on any atom is 0.273 e. The number of hydrogen-bond donors (Lipinski definition) is 1. The Morgan fingerprint density at radius 3 is 2.92 bits per heavy atom. The van der Waals surface area contributed by atoms with Crippen LogP contribution in [0.25, 0.3) is 0 Å². The van der Waals surface area contributed by atoms with Crippen LogP contribution in [0.15, 0.2) is 48.5 Å². The van der Waals surface area contributed by atoms with Crippen LogP contribution in [0.5, 0.6) is 5.75 Å². The molecular formula is C18H20FN3O3. The summed E-state index contributed by atoms with van der Waals surface area (Å²) in [5, 5.41) is 14.1. The summed E-state index contributed by atoms with van der Waals surface area (Å²) in [5.74, 6) is 0.238. The number of piperazine rings is 1. The van der Waals surface area contributed by atoms with Gasteiger partial charge in [-0.1, -0.05) is 18.2 Å². The molecule has 7 heteroatoms. The van der Waals surface area contributed by atoms with E-state index in [-0.39, 0.29) is 17.5 Å². The summed E-state index contributed by atoms with van der Waals surface area (Å²) in [5.41, 5.74) is 0.944. The quantitative estimate of drug-likeness (QED) is 0.644. The lowest BCUT2D eigenvalue weighted by molar-refractivity contribution is -0.384. The highest BCUT2D eigenvalue weighted by Gasteiger charge is 2.23. The summed E-state index contributed by atoms with van der Waals surface area (Å²) in [7, 11) is 0. The first kappa shape index (κ1) is 17.3. The van der Waals surface area contributed by atoms with Crippen LogP contribution in [0.4, 0.5) is 10.1 Å². The summed E-state index contributed by atoms with van der Waals surface area (Å²) in [4.78, 5) is 12.6. The molecule has 0 bridgehead atoms. The highest BCUT2D eigenvalue weighted by atomic mass is 19.1. The minimum Gasteiger partial charge on any atom is -0.492 e. The monoisotopic (exact) mass is 345 g/mol. The molecule has 1 aliphatic heterocycles. The topological polar surface area (TPSA) is 67.6 Å². The summed E-state index contributed by atoms with van der Waals surface area (Å²) < 4.78 is 19.2. The molecule has 1 heterocycles. The second-order valence-corrected chi connectivity index (χ2v) is 5.91. The number of hydrogen-bond acceptors (Lipinski definition) is 5. The molecule has 1 fully saturated rings. The van der Waals surface area contributed by atoms with Gasteiger partial charge in [0.15, 0.2) is 0 Å². The standard InChI is InChI=1S/C18H20FN3O3/c19-15-4-1-3-14(11-15)18-13-20-7-8-21(18)9-10-25-17-6-2-5-16(12-17)22(23)24/h1-6,11-12,18,20H,7-10,13H2. The van der Waals surface area contributed by atoms with Crippen molar-refractivity contribution in [1.82, 2.24) is 10.2 Å². The average molecular weight is 345 g/mol. The van der Waals surface area contributed by atoms with Gasteiger partial charge in [-0.05, 0) is 23.8 Å². The van der Waals surface area contributed by atoms with Gasteiger partial charge in [0.25, 0.3) is 5.69 Å². The van der Waals surface area contributed by atoms with E-state index < -0.39 is 4.92 Å². The molecule has 1 aliphatic rings. The maximum absolute atomic E-state index is 13.5. The molecule has 1 N–H and O–H groups in total. The van der Waals surface area contributed by atoms with Crippen LogP contribution in [0.2, 0.25) is 0 Å². The van der Waals surface area contributed by atoms with Crippen LogP contribution in [0, 0.1) is 15.9 Å². The van der Waals surface area contributed by atoms with Crippen LogP contribution < -0.4 is 10.1 Å². The zero-order valence-electron chi connectivity index (χ0n) is 13.7. The van der Waals surface area contributed by atoms with Crippen molar-refractivity contribution in [1.29, 1.82) is 0 Å². The lowest BCUT2D eigenvalue weighted by Gasteiger charge is -2.36. The molecule has 0 spiro atoms. The Morgan fingerprint density at radius 1 is 1.28 bits per heavy atom. The zero-order valence-corrected chi connectivity index (χ0v) is 13.7. The third kappa shape index (κ3) is 4.52. The van der Waals surface area contributed by atoms with Crippen LogP contribution >= 0.6 is 0 Å². The first-order valence-corrected chi connectivity index (χ1v) is 8.21. The van der Waals surface area contributed by atoms with Gasteiger partial charge >= 0.3 is 0 Å². The molecule has 3 rings (SSSR count). The minimum absolute atomic E-state index is 0.0114. The Kier molecular flexibility index (Phi) is 5.57. The summed E-state index contributed by atoms with van der Waals surface area (Å²) in [6.45, 7) is 3.51. The Morgan fingerprint density at radius 2 is 2.12 bits per heavy atom. The van der Waals surface area contributed by atoms with E-state index in [0.717, 1.165) is 25.2 Å². The van der Waals surface area contributed by atoms with E-state index in [2.05, 4.69) is 10.2 Å². The van der Waals surface area contributed by atoms with Gasteiger partial charge in [-0.25, -0.2) is 4.39 Å². The summed E-state index contributed by atoms with van der Waals surface area (Å²) >= 11 is 0. The molecule has 0 saturated carbocycles. The minimum atomic E-state index is -0.441. The Labute approximate surface area is 145 Å². The van der Waals surface area contributed by atoms with E-state index in [1.165, 1.54) is 18.2 Å². The number of non-ortho nitro benzene ring substituents is 1. The van der Waals surface area contributed by atoms with E-state index in [1.54, 1.807) is 24.3 Å². The van der Waals surface area contributed by atoms with E-state index in [9.17, 15) is 14.5 Å². The molecule has 0 radical (unpaired) electrons. The predicted molar refractivity (Wildman–Crippen MR) is 92.2 cm³/mol. The normalized spacial score (nSPS) is 18.0. The first-order chi connectivity index (χ1) is 12.1. The molecule has 1 saturated heterocycles. The Bertz CT molecular complexity index is 741. The van der Waals surface area contributed by atoms with Crippen molar-refractivity contribution in [3.63, 3.8) is 0 Å². The number of nitro benzene ring substituents is 1. The zero-order chi connectivity index (χ0) is 17.6. The lowest BCUT2D eigenvalue weighted by atomic mass is 10.0. The fraction of sp³-hybridized carbons (Fsp3) is 0.333. The predicted octanol–water partition coefficient (Wildman–Crippen LogP) is 2.76. The van der Waals surface area contributed by atoms with Crippen LogP contribution in [0.1, 0.15) is 11.6 Å². The first-order valence-electron chi connectivity index (χ1n) is 8.21. The smallest absolute Gasteiger partial charge is 0.273 e. The third-order valence-corrected chi connectivity index (χ3v) is 4.26. The number of nitrogens with zero attached hydrogens (tertiary/aromatic N) is 2. The van der Waals surface area contributed by atoms with Gasteiger partial charge in [0.05, 0.1) is 11.0 Å². The van der Waals surface area contributed by atoms with Gasteiger partial charge in [0.2, 0.25) is 0 Å². The van der Waals surface area contributed by atoms with Crippen molar-refractivity contribution in [3.8, 4) is 5.75 Å². The van der Waals surface area contributed by atoms with Crippen molar-refractivity contribution >= 4 is 5.69 Å². The molecule has 2 aromatic carbocycles. The van der Waals surface area contributed by atoms with Gasteiger partial charge in [-0.3, -0.25) is 15.0 Å².